The van der Waals surface area contributed by atoms with Crippen LogP contribution >= 0.6 is 0 Å². The molecule has 1 heterocycles. The van der Waals surface area contributed by atoms with Gasteiger partial charge in [0.15, 0.2) is 0 Å². The molecule has 0 spiro atoms. The molecule has 0 unspecified atom stereocenters. The molecule has 1 aromatic heterocycles. The molecule has 1 aromatic rings. The van der Waals surface area contributed by atoms with Gasteiger partial charge < -0.3 is 0 Å². The van der Waals surface area contributed by atoms with Crippen molar-refractivity contribution < 1.29 is 0 Å². The Balaban J connectivity index is 3.65. The van der Waals surface area contributed by atoms with Crippen molar-refractivity contribution in [1.82, 2.24) is 9.55 Å². The summed E-state index contributed by atoms with van der Waals surface area (Å²) in [5.41, 5.74) is 2.53. The highest BCUT2D eigenvalue weighted by Gasteiger charge is 2.16. The first kappa shape index (κ1) is 15.4. The molecule has 0 aliphatic carbocycles. The first-order valence-corrected chi connectivity index (χ1v) is 6.82. The molecule has 0 amide bonds. The van der Waals surface area contributed by atoms with Crippen LogP contribution in [0.4, 0.5) is 0 Å². The van der Waals surface area contributed by atoms with E-state index in [1.807, 2.05) is 32.9 Å². The molecule has 0 aliphatic heterocycles. The summed E-state index contributed by atoms with van der Waals surface area (Å²) in [7, 11) is 0. The standard InChI is InChI=1S/C16H24N2O/c1-7-9-14-13(8-2)15(12(5)6)17-16(19)18(14)10-11(3)4/h7-9,11-12H,2,10H2,1,3-6H3/b9-7-. The lowest BCUT2D eigenvalue weighted by atomic mass is 10.0. The van der Waals surface area contributed by atoms with E-state index in [0.29, 0.717) is 12.5 Å². The van der Waals surface area contributed by atoms with E-state index in [2.05, 4.69) is 25.4 Å². The first-order valence-electron chi connectivity index (χ1n) is 6.82. The van der Waals surface area contributed by atoms with Crippen molar-refractivity contribution in [3.05, 3.63) is 40.1 Å². The van der Waals surface area contributed by atoms with Crippen LogP contribution in [0.2, 0.25) is 0 Å². The van der Waals surface area contributed by atoms with Gasteiger partial charge in [-0.25, -0.2) is 4.79 Å². The Morgan fingerprint density at radius 1 is 1.32 bits per heavy atom. The van der Waals surface area contributed by atoms with Crippen molar-refractivity contribution in [1.29, 1.82) is 0 Å². The lowest BCUT2D eigenvalue weighted by Crippen LogP contribution is -2.29. The maximum Gasteiger partial charge on any atom is 0.348 e. The number of rotatable bonds is 5. The average molecular weight is 260 g/mol. The number of allylic oxidation sites excluding steroid dienone is 1. The minimum Gasteiger partial charge on any atom is -0.292 e. The van der Waals surface area contributed by atoms with Crippen LogP contribution in [0, 0.1) is 5.92 Å². The van der Waals surface area contributed by atoms with Gasteiger partial charge in [0, 0.05) is 12.1 Å². The van der Waals surface area contributed by atoms with Crippen LogP contribution in [0.5, 0.6) is 0 Å². The Kier molecular flexibility index (Phi) is 5.28. The molecular weight excluding hydrogens is 236 g/mol. The molecule has 0 radical (unpaired) electrons. The van der Waals surface area contributed by atoms with Crippen molar-refractivity contribution in [2.75, 3.05) is 0 Å². The summed E-state index contributed by atoms with van der Waals surface area (Å²) in [5.74, 6) is 0.601. The van der Waals surface area contributed by atoms with Crippen molar-refractivity contribution in [3.63, 3.8) is 0 Å². The van der Waals surface area contributed by atoms with Gasteiger partial charge in [-0.05, 0) is 24.8 Å². The van der Waals surface area contributed by atoms with Crippen LogP contribution in [-0.4, -0.2) is 9.55 Å². The average Bonchev–Trinajstić information content (AvgIpc) is 2.32. The van der Waals surface area contributed by atoms with Gasteiger partial charge >= 0.3 is 5.69 Å². The van der Waals surface area contributed by atoms with Crippen LogP contribution in [0.3, 0.4) is 0 Å². The zero-order valence-electron chi connectivity index (χ0n) is 12.6. The molecular formula is C16H24N2O. The van der Waals surface area contributed by atoms with Crippen LogP contribution in [0.15, 0.2) is 17.4 Å². The minimum absolute atomic E-state index is 0.170. The number of nitrogens with zero attached hydrogens (tertiary/aromatic N) is 2. The number of hydrogen-bond acceptors (Lipinski definition) is 2. The molecule has 0 atom stereocenters. The van der Waals surface area contributed by atoms with E-state index in [1.165, 1.54) is 0 Å². The van der Waals surface area contributed by atoms with Crippen molar-refractivity contribution in [2.24, 2.45) is 5.92 Å². The molecule has 0 N–H and O–H groups in total. The lowest BCUT2D eigenvalue weighted by molar-refractivity contribution is 0.497. The van der Waals surface area contributed by atoms with Crippen molar-refractivity contribution in [3.8, 4) is 0 Å². The van der Waals surface area contributed by atoms with Crippen molar-refractivity contribution >= 4 is 12.2 Å². The summed E-state index contributed by atoms with van der Waals surface area (Å²) in [4.78, 5) is 16.5. The Morgan fingerprint density at radius 2 is 1.95 bits per heavy atom. The van der Waals surface area contributed by atoms with Gasteiger partial charge in [-0.2, -0.15) is 4.98 Å². The van der Waals surface area contributed by atoms with Crippen LogP contribution in [0.25, 0.3) is 12.2 Å². The fraction of sp³-hybridized carbons (Fsp3) is 0.500. The molecule has 0 fully saturated rings. The second kappa shape index (κ2) is 6.50. The van der Waals surface area contributed by atoms with E-state index >= 15 is 0 Å². The van der Waals surface area contributed by atoms with Gasteiger partial charge in [0.2, 0.25) is 0 Å². The second-order valence-electron chi connectivity index (χ2n) is 5.44. The quantitative estimate of drug-likeness (QED) is 0.809. The summed E-state index contributed by atoms with van der Waals surface area (Å²) in [6.07, 6.45) is 5.71. The van der Waals surface area contributed by atoms with E-state index in [9.17, 15) is 4.79 Å². The second-order valence-corrected chi connectivity index (χ2v) is 5.44. The molecule has 1 rings (SSSR count). The molecule has 0 bridgehead atoms. The van der Waals surface area contributed by atoms with Crippen LogP contribution in [-0.2, 0) is 6.54 Å². The molecule has 104 valence electrons. The molecule has 19 heavy (non-hydrogen) atoms. The predicted octanol–water partition coefficient (Wildman–Crippen LogP) is 3.70. The third-order valence-electron chi connectivity index (χ3n) is 2.91. The summed E-state index contributed by atoms with van der Waals surface area (Å²) < 4.78 is 1.74. The van der Waals surface area contributed by atoms with E-state index in [0.717, 1.165) is 17.0 Å². The zero-order chi connectivity index (χ0) is 14.6. The predicted molar refractivity (Wildman–Crippen MR) is 82.2 cm³/mol. The van der Waals surface area contributed by atoms with Crippen molar-refractivity contribution in [2.45, 2.75) is 47.1 Å². The highest BCUT2D eigenvalue weighted by molar-refractivity contribution is 5.63. The summed E-state index contributed by atoms with van der Waals surface area (Å²) in [6.45, 7) is 14.8. The first-order chi connectivity index (χ1) is 8.92. The van der Waals surface area contributed by atoms with E-state index in [4.69, 9.17) is 0 Å². The maximum atomic E-state index is 12.2. The Hall–Kier alpha value is -1.64. The maximum absolute atomic E-state index is 12.2. The summed E-state index contributed by atoms with van der Waals surface area (Å²) in [6, 6.07) is 0. The zero-order valence-corrected chi connectivity index (χ0v) is 12.6. The summed E-state index contributed by atoms with van der Waals surface area (Å²) in [5, 5.41) is 0. The molecule has 0 aliphatic rings. The van der Waals surface area contributed by atoms with E-state index < -0.39 is 0 Å². The smallest absolute Gasteiger partial charge is 0.292 e. The monoisotopic (exact) mass is 260 g/mol. The van der Waals surface area contributed by atoms with E-state index in [1.54, 1.807) is 10.6 Å². The van der Waals surface area contributed by atoms with Gasteiger partial charge in [0.25, 0.3) is 0 Å². The minimum atomic E-state index is -0.170. The fourth-order valence-corrected chi connectivity index (χ4v) is 2.13. The molecule has 3 heteroatoms. The third kappa shape index (κ3) is 3.43. The SMILES string of the molecule is C=Cc1c(C(C)C)nc(=O)n(CC(C)C)c1/C=C\C. The Labute approximate surface area is 115 Å². The molecule has 3 nitrogen and oxygen atoms in total. The molecule has 0 saturated heterocycles. The Morgan fingerprint density at radius 3 is 2.37 bits per heavy atom. The summed E-state index contributed by atoms with van der Waals surface area (Å²) >= 11 is 0. The van der Waals surface area contributed by atoms with Gasteiger partial charge in [-0.1, -0.05) is 46.4 Å². The van der Waals surface area contributed by atoms with Gasteiger partial charge in [0.05, 0.1) is 11.4 Å². The molecule has 0 aromatic carbocycles. The lowest BCUT2D eigenvalue weighted by Gasteiger charge is -2.18. The Bertz CT molecular complexity index is 536. The van der Waals surface area contributed by atoms with Crippen LogP contribution < -0.4 is 5.69 Å². The number of aromatic nitrogens is 2. The fourth-order valence-electron chi connectivity index (χ4n) is 2.13. The topological polar surface area (TPSA) is 34.9 Å². The largest absolute Gasteiger partial charge is 0.348 e. The van der Waals surface area contributed by atoms with Crippen LogP contribution in [0.1, 0.15) is 57.5 Å². The highest BCUT2D eigenvalue weighted by Crippen LogP contribution is 2.21. The third-order valence-corrected chi connectivity index (χ3v) is 2.91. The normalized spacial score (nSPS) is 11.7. The highest BCUT2D eigenvalue weighted by atomic mass is 16.1. The van der Waals surface area contributed by atoms with E-state index in [-0.39, 0.29) is 11.6 Å². The molecule has 0 saturated carbocycles. The van der Waals surface area contributed by atoms with Gasteiger partial charge in [0.1, 0.15) is 0 Å². The number of hydrogen-bond donors (Lipinski definition) is 0. The van der Waals surface area contributed by atoms with Gasteiger partial charge in [-0.3, -0.25) is 4.57 Å². The van der Waals surface area contributed by atoms with Gasteiger partial charge in [-0.15, -0.1) is 0 Å².